The second-order valence-corrected chi connectivity index (χ2v) is 5.43. The van der Waals surface area contributed by atoms with Crippen LogP contribution in [0.3, 0.4) is 0 Å². The Balaban J connectivity index is 1.80. The standard InChI is InChI=1S/C17H19NO2S/c1-2-20-16-11-7-6-8-14(16)12-21-13-17(19)18-15-9-4-3-5-10-15/h3-11H,2,12-13H2,1H3,(H,18,19). The van der Waals surface area contributed by atoms with E-state index in [1.54, 1.807) is 11.8 Å². The van der Waals surface area contributed by atoms with Gasteiger partial charge in [0.05, 0.1) is 12.4 Å². The molecule has 0 atom stereocenters. The Kier molecular flexibility index (Phi) is 6.16. The van der Waals surface area contributed by atoms with E-state index in [1.807, 2.05) is 61.5 Å². The van der Waals surface area contributed by atoms with Crippen LogP contribution in [0.1, 0.15) is 12.5 Å². The van der Waals surface area contributed by atoms with E-state index in [0.717, 1.165) is 22.8 Å². The molecule has 1 N–H and O–H groups in total. The van der Waals surface area contributed by atoms with Crippen molar-refractivity contribution in [1.29, 1.82) is 0 Å². The Morgan fingerprint density at radius 1 is 1.10 bits per heavy atom. The van der Waals surface area contributed by atoms with Crippen LogP contribution < -0.4 is 10.1 Å². The van der Waals surface area contributed by atoms with Crippen molar-refractivity contribution < 1.29 is 9.53 Å². The van der Waals surface area contributed by atoms with Crippen molar-refractivity contribution in [3.63, 3.8) is 0 Å². The first-order chi connectivity index (χ1) is 10.3. The zero-order valence-corrected chi connectivity index (χ0v) is 12.9. The average Bonchev–Trinajstić information content (AvgIpc) is 2.50. The van der Waals surface area contributed by atoms with E-state index in [4.69, 9.17) is 4.74 Å². The molecule has 0 aliphatic carbocycles. The molecular formula is C17H19NO2S. The molecule has 2 rings (SSSR count). The molecule has 110 valence electrons. The molecule has 0 saturated carbocycles. The van der Waals surface area contributed by atoms with E-state index < -0.39 is 0 Å². The molecule has 0 spiro atoms. The fourth-order valence-corrected chi connectivity index (χ4v) is 2.71. The summed E-state index contributed by atoms with van der Waals surface area (Å²) in [4.78, 5) is 11.9. The number of ether oxygens (including phenoxy) is 1. The maximum Gasteiger partial charge on any atom is 0.234 e. The highest BCUT2D eigenvalue weighted by atomic mass is 32.2. The third-order valence-corrected chi connectivity index (χ3v) is 3.80. The Hall–Kier alpha value is -1.94. The lowest BCUT2D eigenvalue weighted by atomic mass is 10.2. The quantitative estimate of drug-likeness (QED) is 0.841. The average molecular weight is 301 g/mol. The largest absolute Gasteiger partial charge is 0.494 e. The number of anilines is 1. The smallest absolute Gasteiger partial charge is 0.234 e. The number of rotatable bonds is 7. The first-order valence-corrected chi connectivity index (χ1v) is 8.08. The molecule has 0 radical (unpaired) electrons. The maximum absolute atomic E-state index is 11.9. The highest BCUT2D eigenvalue weighted by molar-refractivity contribution is 7.99. The van der Waals surface area contributed by atoms with Gasteiger partial charge >= 0.3 is 0 Å². The van der Waals surface area contributed by atoms with Gasteiger partial charge in [0.2, 0.25) is 5.91 Å². The molecule has 4 heteroatoms. The van der Waals surface area contributed by atoms with Gasteiger partial charge in [-0.05, 0) is 25.1 Å². The predicted molar refractivity (Wildman–Crippen MR) is 88.8 cm³/mol. The van der Waals surface area contributed by atoms with E-state index in [-0.39, 0.29) is 5.91 Å². The van der Waals surface area contributed by atoms with E-state index in [1.165, 1.54) is 0 Å². The van der Waals surface area contributed by atoms with Crippen LogP contribution in [0.15, 0.2) is 54.6 Å². The minimum absolute atomic E-state index is 0.0140. The summed E-state index contributed by atoms with van der Waals surface area (Å²) in [6, 6.07) is 17.4. The molecule has 0 heterocycles. The summed E-state index contributed by atoms with van der Waals surface area (Å²) >= 11 is 1.58. The lowest BCUT2D eigenvalue weighted by Crippen LogP contribution is -2.14. The SMILES string of the molecule is CCOc1ccccc1CSCC(=O)Nc1ccccc1. The highest BCUT2D eigenvalue weighted by Crippen LogP contribution is 2.23. The van der Waals surface area contributed by atoms with Crippen LogP contribution in [0.4, 0.5) is 5.69 Å². The zero-order valence-electron chi connectivity index (χ0n) is 12.0. The number of para-hydroxylation sites is 2. The Morgan fingerprint density at radius 3 is 2.57 bits per heavy atom. The van der Waals surface area contributed by atoms with Gasteiger partial charge in [0.15, 0.2) is 0 Å². The third-order valence-electron chi connectivity index (χ3n) is 2.82. The van der Waals surface area contributed by atoms with Gasteiger partial charge in [-0.15, -0.1) is 11.8 Å². The van der Waals surface area contributed by atoms with Crippen molar-refractivity contribution in [2.24, 2.45) is 0 Å². The lowest BCUT2D eigenvalue weighted by Gasteiger charge is -2.09. The molecule has 0 saturated heterocycles. The van der Waals surface area contributed by atoms with Crippen LogP contribution in [0.2, 0.25) is 0 Å². The molecule has 1 amide bonds. The van der Waals surface area contributed by atoms with Crippen LogP contribution in [0.5, 0.6) is 5.75 Å². The van der Waals surface area contributed by atoms with Gasteiger partial charge in [-0.2, -0.15) is 0 Å². The van der Waals surface area contributed by atoms with E-state index in [2.05, 4.69) is 5.32 Å². The normalized spacial score (nSPS) is 10.1. The molecule has 0 aromatic heterocycles. The summed E-state index contributed by atoms with van der Waals surface area (Å²) in [5.74, 6) is 2.10. The fraction of sp³-hybridized carbons (Fsp3) is 0.235. The van der Waals surface area contributed by atoms with Gasteiger partial charge < -0.3 is 10.1 Å². The number of benzene rings is 2. The first kappa shape index (κ1) is 15.4. The number of hydrogen-bond acceptors (Lipinski definition) is 3. The Bertz CT molecular complexity index is 572. The molecule has 21 heavy (non-hydrogen) atoms. The number of nitrogens with one attached hydrogen (secondary N) is 1. The van der Waals surface area contributed by atoms with Crippen LogP contribution in [0, 0.1) is 0 Å². The number of amides is 1. The second-order valence-electron chi connectivity index (χ2n) is 4.45. The zero-order chi connectivity index (χ0) is 14.9. The molecule has 2 aromatic rings. The maximum atomic E-state index is 11.9. The molecular weight excluding hydrogens is 282 g/mol. The minimum atomic E-state index is 0.0140. The van der Waals surface area contributed by atoms with Gasteiger partial charge in [-0.3, -0.25) is 4.79 Å². The summed E-state index contributed by atoms with van der Waals surface area (Å²) in [5.41, 5.74) is 1.95. The van der Waals surface area contributed by atoms with Crippen molar-refractivity contribution in [1.82, 2.24) is 0 Å². The van der Waals surface area contributed by atoms with Crippen LogP contribution in [-0.2, 0) is 10.5 Å². The van der Waals surface area contributed by atoms with Crippen molar-refractivity contribution in [2.45, 2.75) is 12.7 Å². The van der Waals surface area contributed by atoms with E-state index >= 15 is 0 Å². The number of carbonyl (C=O) groups is 1. The number of thioether (sulfide) groups is 1. The first-order valence-electron chi connectivity index (χ1n) is 6.93. The van der Waals surface area contributed by atoms with Crippen molar-refractivity contribution in [3.05, 3.63) is 60.2 Å². The third kappa shape index (κ3) is 5.16. The van der Waals surface area contributed by atoms with Gasteiger partial charge in [0.25, 0.3) is 0 Å². The van der Waals surface area contributed by atoms with Crippen LogP contribution in [-0.4, -0.2) is 18.3 Å². The minimum Gasteiger partial charge on any atom is -0.494 e. The summed E-state index contributed by atoms with van der Waals surface area (Å²) in [5, 5.41) is 2.88. The van der Waals surface area contributed by atoms with Gasteiger partial charge in [-0.1, -0.05) is 36.4 Å². The second kappa shape index (κ2) is 8.37. The molecule has 0 bridgehead atoms. The van der Waals surface area contributed by atoms with Crippen LogP contribution >= 0.6 is 11.8 Å². The molecule has 0 fully saturated rings. The Morgan fingerprint density at radius 2 is 1.81 bits per heavy atom. The van der Waals surface area contributed by atoms with Crippen molar-refractivity contribution in [2.75, 3.05) is 17.7 Å². The molecule has 0 aliphatic heterocycles. The highest BCUT2D eigenvalue weighted by Gasteiger charge is 2.05. The predicted octanol–water partition coefficient (Wildman–Crippen LogP) is 3.96. The Labute approximate surface area is 129 Å². The van der Waals surface area contributed by atoms with Gasteiger partial charge in [0.1, 0.15) is 5.75 Å². The summed E-state index contributed by atoms with van der Waals surface area (Å²) < 4.78 is 5.58. The lowest BCUT2D eigenvalue weighted by molar-refractivity contribution is -0.113. The summed E-state index contributed by atoms with van der Waals surface area (Å²) in [7, 11) is 0. The molecule has 0 aliphatic rings. The van der Waals surface area contributed by atoms with Gasteiger partial charge in [-0.25, -0.2) is 0 Å². The summed E-state index contributed by atoms with van der Waals surface area (Å²) in [6.07, 6.45) is 0. The van der Waals surface area contributed by atoms with E-state index in [9.17, 15) is 4.79 Å². The summed E-state index contributed by atoms with van der Waals surface area (Å²) in [6.45, 7) is 2.62. The van der Waals surface area contributed by atoms with Crippen molar-refractivity contribution >= 4 is 23.4 Å². The molecule has 0 unspecified atom stereocenters. The molecule has 3 nitrogen and oxygen atoms in total. The van der Waals surface area contributed by atoms with E-state index in [0.29, 0.717) is 12.4 Å². The van der Waals surface area contributed by atoms with Gasteiger partial charge in [0, 0.05) is 17.0 Å². The topological polar surface area (TPSA) is 38.3 Å². The fourth-order valence-electron chi connectivity index (χ4n) is 1.89. The monoisotopic (exact) mass is 301 g/mol. The van der Waals surface area contributed by atoms with Crippen LogP contribution in [0.25, 0.3) is 0 Å². The number of carbonyl (C=O) groups excluding carboxylic acids is 1. The van der Waals surface area contributed by atoms with Crippen molar-refractivity contribution in [3.8, 4) is 5.75 Å². The molecule has 2 aromatic carbocycles. The number of hydrogen-bond donors (Lipinski definition) is 1.